The highest BCUT2D eigenvalue weighted by atomic mass is 32.1. The molecule has 0 bridgehead atoms. The second kappa shape index (κ2) is 9.09. The van der Waals surface area contributed by atoms with Crippen LogP contribution in [0.1, 0.15) is 50.9 Å². The molecule has 0 spiro atoms. The standard InChI is InChI=1S/C23H24F2N4OS/c1-14-21(31-23(26-2)28-14)22(30)29-10-4-5-16(13-29)20-9-8-15(12-27-20)11-17-18(24)6-3-7-19(17)25/h3,6-9,12,16H,4-5,10-11,13H2,1-2H3,(H,26,28)/t16-/m1/s1. The molecule has 162 valence electrons. The maximum absolute atomic E-state index is 13.9. The molecule has 1 amide bonds. The summed E-state index contributed by atoms with van der Waals surface area (Å²) in [6, 6.07) is 7.65. The van der Waals surface area contributed by atoms with Gasteiger partial charge in [0.05, 0.1) is 5.69 Å². The van der Waals surface area contributed by atoms with Crippen LogP contribution in [-0.2, 0) is 6.42 Å². The number of thiazole rings is 1. The largest absolute Gasteiger partial charge is 0.365 e. The summed E-state index contributed by atoms with van der Waals surface area (Å²) in [7, 11) is 1.79. The normalized spacial score (nSPS) is 16.4. The van der Waals surface area contributed by atoms with Crippen molar-refractivity contribution in [3.8, 4) is 0 Å². The van der Waals surface area contributed by atoms with E-state index in [1.807, 2.05) is 24.0 Å². The summed E-state index contributed by atoms with van der Waals surface area (Å²) in [5.41, 5.74) is 2.43. The summed E-state index contributed by atoms with van der Waals surface area (Å²) in [6.07, 6.45) is 3.67. The number of aromatic nitrogens is 2. The SMILES string of the molecule is CNc1nc(C)c(C(=O)N2CCC[C@@H](c3ccc(Cc4c(F)cccc4F)cn3)C2)s1. The van der Waals surface area contributed by atoms with Crippen LogP contribution in [0.3, 0.4) is 0 Å². The number of likely N-dealkylation sites (tertiary alicyclic amines) is 1. The fourth-order valence-electron chi connectivity index (χ4n) is 3.94. The summed E-state index contributed by atoms with van der Waals surface area (Å²) in [4.78, 5) is 24.5. The Balaban J connectivity index is 1.46. The van der Waals surface area contributed by atoms with Gasteiger partial charge in [0.2, 0.25) is 0 Å². The number of hydrogen-bond donors (Lipinski definition) is 1. The molecule has 3 aromatic rings. The van der Waals surface area contributed by atoms with Gasteiger partial charge < -0.3 is 10.2 Å². The third-order valence-electron chi connectivity index (χ3n) is 5.62. The van der Waals surface area contributed by atoms with E-state index in [9.17, 15) is 13.6 Å². The van der Waals surface area contributed by atoms with Gasteiger partial charge in [-0.15, -0.1) is 0 Å². The van der Waals surface area contributed by atoms with Crippen LogP contribution in [0.4, 0.5) is 13.9 Å². The number of carbonyl (C=O) groups excluding carboxylic acids is 1. The quantitative estimate of drug-likeness (QED) is 0.618. The number of nitrogens with one attached hydrogen (secondary N) is 1. The highest BCUT2D eigenvalue weighted by molar-refractivity contribution is 7.17. The Bertz CT molecular complexity index is 1060. The number of anilines is 1. The number of carbonyl (C=O) groups is 1. The third-order valence-corrected chi connectivity index (χ3v) is 6.78. The zero-order valence-corrected chi connectivity index (χ0v) is 18.3. The van der Waals surface area contributed by atoms with E-state index in [0.717, 1.165) is 34.9 Å². The van der Waals surface area contributed by atoms with Gasteiger partial charge in [-0.25, -0.2) is 13.8 Å². The summed E-state index contributed by atoms with van der Waals surface area (Å²) in [5, 5.41) is 3.72. The molecule has 0 unspecified atom stereocenters. The van der Waals surface area contributed by atoms with Crippen molar-refractivity contribution in [3.63, 3.8) is 0 Å². The Morgan fingerprint density at radius 3 is 2.68 bits per heavy atom. The number of pyridine rings is 1. The minimum Gasteiger partial charge on any atom is -0.365 e. The van der Waals surface area contributed by atoms with E-state index in [1.165, 1.54) is 29.5 Å². The van der Waals surface area contributed by atoms with Gasteiger partial charge in [-0.05, 0) is 43.5 Å². The Kier molecular flexibility index (Phi) is 6.27. The molecule has 1 aliphatic heterocycles. The van der Waals surface area contributed by atoms with E-state index in [4.69, 9.17) is 0 Å². The van der Waals surface area contributed by atoms with E-state index in [1.54, 1.807) is 13.2 Å². The Hall–Kier alpha value is -2.87. The number of piperidine rings is 1. The van der Waals surface area contributed by atoms with Crippen LogP contribution in [0.5, 0.6) is 0 Å². The van der Waals surface area contributed by atoms with Gasteiger partial charge in [-0.1, -0.05) is 23.5 Å². The number of hydrogen-bond acceptors (Lipinski definition) is 5. The number of aryl methyl sites for hydroxylation is 1. The molecule has 3 heterocycles. The van der Waals surface area contributed by atoms with Crippen molar-refractivity contribution in [2.75, 3.05) is 25.5 Å². The minimum absolute atomic E-state index is 0.00727. The van der Waals surface area contributed by atoms with Gasteiger partial charge in [0.15, 0.2) is 5.13 Å². The smallest absolute Gasteiger partial charge is 0.265 e. The lowest BCUT2D eigenvalue weighted by Gasteiger charge is -2.32. The number of halogens is 2. The first kappa shape index (κ1) is 21.4. The van der Waals surface area contributed by atoms with Gasteiger partial charge in [-0.2, -0.15) is 0 Å². The lowest BCUT2D eigenvalue weighted by Crippen LogP contribution is -2.39. The molecule has 1 atom stereocenters. The molecular formula is C23H24F2N4OS. The molecule has 1 N–H and O–H groups in total. The monoisotopic (exact) mass is 442 g/mol. The fraction of sp³-hybridized carbons (Fsp3) is 0.348. The summed E-state index contributed by atoms with van der Waals surface area (Å²) in [6.45, 7) is 3.16. The zero-order chi connectivity index (χ0) is 22.0. The molecule has 2 aromatic heterocycles. The molecule has 8 heteroatoms. The number of benzene rings is 1. The van der Waals surface area contributed by atoms with Crippen molar-refractivity contribution >= 4 is 22.4 Å². The lowest BCUT2D eigenvalue weighted by molar-refractivity contribution is 0.0710. The van der Waals surface area contributed by atoms with E-state index < -0.39 is 11.6 Å². The number of nitrogens with zero attached hydrogens (tertiary/aromatic N) is 3. The molecule has 0 saturated carbocycles. The van der Waals surface area contributed by atoms with Crippen molar-refractivity contribution in [2.24, 2.45) is 0 Å². The Morgan fingerprint density at radius 2 is 2.03 bits per heavy atom. The molecular weight excluding hydrogens is 418 g/mol. The maximum atomic E-state index is 13.9. The van der Waals surface area contributed by atoms with Crippen LogP contribution in [-0.4, -0.2) is 40.9 Å². The average Bonchev–Trinajstić information content (AvgIpc) is 3.17. The van der Waals surface area contributed by atoms with Gasteiger partial charge in [0, 0.05) is 49.9 Å². The van der Waals surface area contributed by atoms with Crippen LogP contribution in [0.15, 0.2) is 36.5 Å². The van der Waals surface area contributed by atoms with Crippen molar-refractivity contribution in [1.29, 1.82) is 0 Å². The summed E-state index contributed by atoms with van der Waals surface area (Å²) >= 11 is 1.37. The van der Waals surface area contributed by atoms with E-state index in [0.29, 0.717) is 18.0 Å². The number of rotatable bonds is 5. The van der Waals surface area contributed by atoms with E-state index in [-0.39, 0.29) is 23.8 Å². The first-order valence-corrected chi connectivity index (χ1v) is 11.1. The van der Waals surface area contributed by atoms with Crippen LogP contribution >= 0.6 is 11.3 Å². The Morgan fingerprint density at radius 1 is 1.26 bits per heavy atom. The predicted molar refractivity (Wildman–Crippen MR) is 118 cm³/mol. The van der Waals surface area contributed by atoms with Gasteiger partial charge in [-0.3, -0.25) is 9.78 Å². The second-order valence-electron chi connectivity index (χ2n) is 7.74. The van der Waals surface area contributed by atoms with Crippen LogP contribution < -0.4 is 5.32 Å². The summed E-state index contributed by atoms with van der Waals surface area (Å²) in [5.74, 6) is -0.961. The molecule has 31 heavy (non-hydrogen) atoms. The topological polar surface area (TPSA) is 58.1 Å². The molecule has 1 aromatic carbocycles. The molecule has 0 radical (unpaired) electrons. The first-order valence-electron chi connectivity index (χ1n) is 10.3. The molecule has 0 aliphatic carbocycles. The van der Waals surface area contributed by atoms with Crippen molar-refractivity contribution in [1.82, 2.24) is 14.9 Å². The molecule has 1 saturated heterocycles. The Labute approximate surface area is 184 Å². The highest BCUT2D eigenvalue weighted by Gasteiger charge is 2.28. The van der Waals surface area contributed by atoms with Crippen molar-refractivity contribution in [2.45, 2.75) is 32.1 Å². The second-order valence-corrected chi connectivity index (χ2v) is 8.74. The first-order chi connectivity index (χ1) is 15.0. The zero-order valence-electron chi connectivity index (χ0n) is 17.5. The molecule has 1 aliphatic rings. The van der Waals surface area contributed by atoms with Gasteiger partial charge >= 0.3 is 0 Å². The maximum Gasteiger partial charge on any atom is 0.265 e. The molecule has 5 nitrogen and oxygen atoms in total. The van der Waals surface area contributed by atoms with Crippen LogP contribution in [0.25, 0.3) is 0 Å². The van der Waals surface area contributed by atoms with E-state index in [2.05, 4.69) is 15.3 Å². The average molecular weight is 443 g/mol. The molecule has 4 rings (SSSR count). The van der Waals surface area contributed by atoms with E-state index >= 15 is 0 Å². The van der Waals surface area contributed by atoms with Crippen molar-refractivity contribution < 1.29 is 13.6 Å². The van der Waals surface area contributed by atoms with Crippen LogP contribution in [0, 0.1) is 18.6 Å². The number of amides is 1. The van der Waals surface area contributed by atoms with Gasteiger partial charge in [0.1, 0.15) is 16.5 Å². The highest BCUT2D eigenvalue weighted by Crippen LogP contribution is 2.30. The molecule has 1 fully saturated rings. The fourth-order valence-corrected chi connectivity index (χ4v) is 4.82. The lowest BCUT2D eigenvalue weighted by atomic mass is 9.93. The predicted octanol–water partition coefficient (Wildman–Crippen LogP) is 4.78. The summed E-state index contributed by atoms with van der Waals surface area (Å²) < 4.78 is 27.8. The van der Waals surface area contributed by atoms with Crippen LogP contribution in [0.2, 0.25) is 0 Å². The van der Waals surface area contributed by atoms with Crippen molar-refractivity contribution in [3.05, 3.63) is 75.6 Å². The van der Waals surface area contributed by atoms with Gasteiger partial charge in [0.25, 0.3) is 5.91 Å². The minimum atomic E-state index is -0.551. The third kappa shape index (κ3) is 4.58.